The fourth-order valence-electron chi connectivity index (χ4n) is 1.91. The van der Waals surface area contributed by atoms with Crippen molar-refractivity contribution in [2.24, 2.45) is 0 Å². The number of amides is 1. The highest BCUT2D eigenvalue weighted by molar-refractivity contribution is 6.36. The highest BCUT2D eigenvalue weighted by Crippen LogP contribution is 2.24. The van der Waals surface area contributed by atoms with Gasteiger partial charge < -0.3 is 10.1 Å². The van der Waals surface area contributed by atoms with Crippen LogP contribution in [0.3, 0.4) is 0 Å². The van der Waals surface area contributed by atoms with E-state index < -0.39 is 6.61 Å². The van der Waals surface area contributed by atoms with Crippen LogP contribution < -0.4 is 10.1 Å². The van der Waals surface area contributed by atoms with Crippen molar-refractivity contribution in [1.29, 1.82) is 0 Å². The summed E-state index contributed by atoms with van der Waals surface area (Å²) in [5.41, 5.74) is 1.32. The molecule has 122 valence electrons. The number of alkyl halides is 2. The molecule has 3 nitrogen and oxygen atoms in total. The normalized spacial score (nSPS) is 10.7. The summed E-state index contributed by atoms with van der Waals surface area (Å²) in [7, 11) is 0. The van der Waals surface area contributed by atoms with E-state index in [0.29, 0.717) is 15.6 Å². The summed E-state index contributed by atoms with van der Waals surface area (Å²) in [6.07, 6.45) is 0.0606. The van der Waals surface area contributed by atoms with Crippen molar-refractivity contribution in [3.05, 3.63) is 63.6 Å². The van der Waals surface area contributed by atoms with Gasteiger partial charge in [-0.25, -0.2) is 0 Å². The fourth-order valence-corrected chi connectivity index (χ4v) is 2.44. The van der Waals surface area contributed by atoms with Gasteiger partial charge in [-0.2, -0.15) is 8.78 Å². The van der Waals surface area contributed by atoms with E-state index in [2.05, 4.69) is 10.1 Å². The van der Waals surface area contributed by atoms with E-state index in [-0.39, 0.29) is 24.6 Å². The Hall–Kier alpha value is -1.85. The van der Waals surface area contributed by atoms with Crippen molar-refractivity contribution in [2.75, 3.05) is 0 Å². The first-order chi connectivity index (χ1) is 11.0. The van der Waals surface area contributed by atoms with E-state index in [1.807, 2.05) is 0 Å². The van der Waals surface area contributed by atoms with Crippen molar-refractivity contribution in [1.82, 2.24) is 5.32 Å². The second kappa shape index (κ2) is 8.13. The van der Waals surface area contributed by atoms with Gasteiger partial charge in [-0.1, -0.05) is 41.4 Å². The van der Waals surface area contributed by atoms with Crippen LogP contribution in [0.1, 0.15) is 11.1 Å². The first-order valence-electron chi connectivity index (χ1n) is 6.69. The van der Waals surface area contributed by atoms with Crippen LogP contribution in [-0.2, 0) is 17.8 Å². The molecule has 0 saturated heterocycles. The second-order valence-corrected chi connectivity index (χ2v) is 5.49. The molecule has 0 aliphatic carbocycles. The number of carbonyl (C=O) groups is 1. The van der Waals surface area contributed by atoms with Gasteiger partial charge in [0.2, 0.25) is 5.91 Å². The Labute approximate surface area is 142 Å². The van der Waals surface area contributed by atoms with Crippen molar-refractivity contribution in [3.63, 3.8) is 0 Å². The maximum Gasteiger partial charge on any atom is 0.387 e. The monoisotopic (exact) mass is 359 g/mol. The van der Waals surface area contributed by atoms with Crippen LogP contribution in [0, 0.1) is 0 Å². The Kier molecular flexibility index (Phi) is 6.19. The molecule has 1 amide bonds. The summed E-state index contributed by atoms with van der Waals surface area (Å²) in [5.74, 6) is -0.175. The molecule has 0 fully saturated rings. The fraction of sp³-hybridized carbons (Fsp3) is 0.188. The van der Waals surface area contributed by atoms with Crippen LogP contribution in [0.4, 0.5) is 8.78 Å². The second-order valence-electron chi connectivity index (χ2n) is 4.68. The number of rotatable bonds is 6. The smallest absolute Gasteiger partial charge is 0.387 e. The lowest BCUT2D eigenvalue weighted by Crippen LogP contribution is -2.24. The number of hydrogen-bond donors (Lipinski definition) is 1. The van der Waals surface area contributed by atoms with Gasteiger partial charge in [0.15, 0.2) is 0 Å². The molecule has 0 bridgehead atoms. The number of hydrogen-bond acceptors (Lipinski definition) is 2. The molecule has 0 aliphatic heterocycles. The number of carbonyl (C=O) groups excluding carboxylic acids is 1. The van der Waals surface area contributed by atoms with Crippen molar-refractivity contribution in [2.45, 2.75) is 19.6 Å². The predicted molar refractivity (Wildman–Crippen MR) is 85.1 cm³/mol. The Bertz CT molecular complexity index is 658. The summed E-state index contributed by atoms with van der Waals surface area (Å²) in [4.78, 5) is 12.0. The first kappa shape index (κ1) is 17.5. The summed E-state index contributed by atoms with van der Waals surface area (Å²) in [5, 5.41) is 3.58. The molecule has 1 N–H and O–H groups in total. The van der Waals surface area contributed by atoms with Gasteiger partial charge in [-0.3, -0.25) is 4.79 Å². The Morgan fingerprint density at radius 1 is 1.09 bits per heavy atom. The van der Waals surface area contributed by atoms with Crippen LogP contribution in [0.25, 0.3) is 0 Å². The molecular weight excluding hydrogens is 347 g/mol. The third kappa shape index (κ3) is 5.37. The van der Waals surface area contributed by atoms with E-state index in [0.717, 1.165) is 5.56 Å². The number of benzene rings is 2. The molecule has 0 aromatic heterocycles. The molecule has 0 atom stereocenters. The van der Waals surface area contributed by atoms with Crippen molar-refractivity contribution >= 4 is 29.1 Å². The molecule has 0 saturated carbocycles. The summed E-state index contributed by atoms with van der Waals surface area (Å²) in [6, 6.07) is 11.1. The Morgan fingerprint density at radius 3 is 2.26 bits per heavy atom. The highest BCUT2D eigenvalue weighted by atomic mass is 35.5. The zero-order valence-corrected chi connectivity index (χ0v) is 13.4. The van der Waals surface area contributed by atoms with Crippen LogP contribution >= 0.6 is 23.2 Å². The van der Waals surface area contributed by atoms with Gasteiger partial charge in [0.1, 0.15) is 5.75 Å². The largest absolute Gasteiger partial charge is 0.435 e. The lowest BCUT2D eigenvalue weighted by Gasteiger charge is -2.09. The zero-order valence-electron chi connectivity index (χ0n) is 11.9. The molecule has 23 heavy (non-hydrogen) atoms. The van der Waals surface area contributed by atoms with E-state index >= 15 is 0 Å². The Morgan fingerprint density at radius 2 is 1.70 bits per heavy atom. The average Bonchev–Trinajstić information content (AvgIpc) is 2.50. The summed E-state index contributed by atoms with van der Waals surface area (Å²) < 4.78 is 28.3. The molecule has 0 heterocycles. The summed E-state index contributed by atoms with van der Waals surface area (Å²) >= 11 is 12.0. The third-order valence-electron chi connectivity index (χ3n) is 3.04. The van der Waals surface area contributed by atoms with Crippen LogP contribution in [0.15, 0.2) is 42.5 Å². The van der Waals surface area contributed by atoms with E-state index in [1.54, 1.807) is 30.3 Å². The molecule has 0 spiro atoms. The van der Waals surface area contributed by atoms with Gasteiger partial charge in [0.25, 0.3) is 0 Å². The molecule has 0 radical (unpaired) electrons. The van der Waals surface area contributed by atoms with E-state index in [9.17, 15) is 13.6 Å². The average molecular weight is 360 g/mol. The molecule has 0 aliphatic rings. The van der Waals surface area contributed by atoms with E-state index in [4.69, 9.17) is 23.2 Å². The van der Waals surface area contributed by atoms with Crippen molar-refractivity contribution < 1.29 is 18.3 Å². The highest BCUT2D eigenvalue weighted by Gasteiger charge is 2.10. The molecule has 0 unspecified atom stereocenters. The number of ether oxygens (including phenoxy) is 1. The lowest BCUT2D eigenvalue weighted by molar-refractivity contribution is -0.120. The predicted octanol–water partition coefficient (Wildman–Crippen LogP) is 4.45. The Balaban J connectivity index is 1.89. The lowest BCUT2D eigenvalue weighted by atomic mass is 10.1. The molecular formula is C16H13Cl2F2NO2. The topological polar surface area (TPSA) is 38.3 Å². The van der Waals surface area contributed by atoms with Crippen molar-refractivity contribution in [3.8, 4) is 5.75 Å². The standard InChI is InChI=1S/C16H13Cl2F2NO2/c17-13-2-1-3-14(18)12(13)8-15(22)21-9-10-4-6-11(7-5-10)23-16(19)20/h1-7,16H,8-9H2,(H,21,22). The van der Waals surface area contributed by atoms with Gasteiger partial charge >= 0.3 is 6.61 Å². The quantitative estimate of drug-likeness (QED) is 0.827. The SMILES string of the molecule is O=C(Cc1c(Cl)cccc1Cl)NCc1ccc(OC(F)F)cc1. The maximum atomic E-state index is 12.0. The molecule has 7 heteroatoms. The van der Waals surface area contributed by atoms with Crippen LogP contribution in [-0.4, -0.2) is 12.5 Å². The summed E-state index contributed by atoms with van der Waals surface area (Å²) in [6.45, 7) is -2.60. The molecule has 2 rings (SSSR count). The minimum absolute atomic E-state index is 0.0606. The van der Waals surface area contributed by atoms with Crippen LogP contribution in [0.5, 0.6) is 5.75 Å². The maximum absolute atomic E-state index is 12.0. The molecule has 2 aromatic rings. The van der Waals surface area contributed by atoms with E-state index in [1.165, 1.54) is 12.1 Å². The number of halogens is 4. The minimum Gasteiger partial charge on any atom is -0.435 e. The van der Waals surface area contributed by atoms with Gasteiger partial charge in [0, 0.05) is 16.6 Å². The van der Waals surface area contributed by atoms with Gasteiger partial charge in [-0.15, -0.1) is 0 Å². The third-order valence-corrected chi connectivity index (χ3v) is 3.75. The van der Waals surface area contributed by atoms with Gasteiger partial charge in [0.05, 0.1) is 6.42 Å². The molecule has 2 aromatic carbocycles. The zero-order chi connectivity index (χ0) is 16.8. The van der Waals surface area contributed by atoms with Crippen LogP contribution in [0.2, 0.25) is 10.0 Å². The first-order valence-corrected chi connectivity index (χ1v) is 7.44. The number of nitrogens with one attached hydrogen (secondary N) is 1. The van der Waals surface area contributed by atoms with Gasteiger partial charge in [-0.05, 0) is 35.4 Å². The minimum atomic E-state index is -2.86.